The third-order valence-corrected chi connectivity index (χ3v) is 9.69. The molecule has 1 saturated heterocycles. The number of rotatable bonds is 12. The van der Waals surface area contributed by atoms with Crippen LogP contribution in [0, 0.1) is 5.41 Å². The molecule has 2 aliphatic heterocycles. The van der Waals surface area contributed by atoms with E-state index in [-0.39, 0.29) is 36.5 Å². The molecule has 2 aromatic rings. The highest BCUT2D eigenvalue weighted by Crippen LogP contribution is 2.41. The van der Waals surface area contributed by atoms with E-state index >= 15 is 0 Å². The number of nitrogens with zero attached hydrogens (tertiary/aromatic N) is 1. The molecule has 0 amide bonds. The second-order valence-electron chi connectivity index (χ2n) is 15.8. The first-order chi connectivity index (χ1) is 26.0. The predicted octanol–water partition coefficient (Wildman–Crippen LogP) is 6.65. The van der Waals surface area contributed by atoms with Gasteiger partial charge in [0, 0.05) is 11.1 Å². The molecule has 306 valence electrons. The summed E-state index contributed by atoms with van der Waals surface area (Å²) >= 11 is 3.31. The summed E-state index contributed by atoms with van der Waals surface area (Å²) < 4.78 is 44.6. The largest absolute Gasteiger partial charge is 0.487 e. The van der Waals surface area contributed by atoms with Crippen molar-refractivity contribution in [3.05, 3.63) is 59.7 Å². The molecule has 0 bridgehead atoms. The molecule has 0 aromatic heterocycles. The van der Waals surface area contributed by atoms with Crippen LogP contribution in [-0.2, 0) is 42.8 Å². The normalized spacial score (nSPS) is 20.1. The molecule has 0 spiro atoms. The zero-order chi connectivity index (χ0) is 40.1. The monoisotopic (exact) mass is 835 g/mol. The molecule has 4 rings (SSSR count). The number of ether oxygens (including phenoxy) is 8. The molecule has 2 aliphatic rings. The fraction of sp³-hybridized carbons (Fsp3) is 0.634. The van der Waals surface area contributed by atoms with Crippen LogP contribution in [0.3, 0.4) is 0 Å². The Morgan fingerprint density at radius 2 is 1.27 bits per heavy atom. The quantitative estimate of drug-likeness (QED) is 0.128. The molecule has 1 fully saturated rings. The number of esters is 3. The molecule has 0 radical (unpaired) electrons. The van der Waals surface area contributed by atoms with Gasteiger partial charge in [0.15, 0.2) is 11.5 Å². The van der Waals surface area contributed by atoms with Crippen molar-refractivity contribution in [1.29, 1.82) is 0 Å². The fourth-order valence-corrected chi connectivity index (χ4v) is 6.38. The molecular formula is C41H58BrNO12. The highest BCUT2D eigenvalue weighted by atomic mass is 79.9. The molecule has 0 aliphatic carbocycles. The lowest BCUT2D eigenvalue weighted by Gasteiger charge is -2.52. The first-order valence-electron chi connectivity index (χ1n) is 18.9. The molecule has 2 heterocycles. The predicted molar refractivity (Wildman–Crippen MR) is 207 cm³/mol. The highest BCUT2D eigenvalue weighted by molar-refractivity contribution is 9.10. The van der Waals surface area contributed by atoms with Gasteiger partial charge in [0.2, 0.25) is 0 Å². The van der Waals surface area contributed by atoms with Crippen LogP contribution in [0.1, 0.15) is 89.8 Å². The van der Waals surface area contributed by atoms with E-state index in [9.17, 15) is 14.4 Å². The second-order valence-corrected chi connectivity index (χ2v) is 17.7. The maximum Gasteiger partial charge on any atom is 0.338 e. The van der Waals surface area contributed by atoms with Crippen molar-refractivity contribution >= 4 is 33.8 Å². The van der Waals surface area contributed by atoms with Crippen molar-refractivity contribution in [3.8, 4) is 11.5 Å². The van der Waals surface area contributed by atoms with Crippen molar-refractivity contribution in [3.63, 3.8) is 0 Å². The molecule has 0 N–H and O–H groups in total. The van der Waals surface area contributed by atoms with E-state index in [4.69, 9.17) is 42.7 Å². The van der Waals surface area contributed by atoms with E-state index in [0.29, 0.717) is 51.1 Å². The van der Waals surface area contributed by atoms with Crippen LogP contribution in [0.15, 0.2) is 48.5 Å². The Morgan fingerprint density at radius 3 is 1.85 bits per heavy atom. The number of alkyl halides is 1. The molecule has 55 heavy (non-hydrogen) atoms. The van der Waals surface area contributed by atoms with E-state index in [2.05, 4.69) is 43.6 Å². The van der Waals surface area contributed by atoms with Gasteiger partial charge in [-0.2, -0.15) is 5.06 Å². The van der Waals surface area contributed by atoms with Crippen molar-refractivity contribution in [1.82, 2.24) is 5.06 Å². The Hall–Kier alpha value is -3.27. The molecule has 2 unspecified atom stereocenters. The summed E-state index contributed by atoms with van der Waals surface area (Å²) in [7, 11) is 0. The number of hydroxylamine groups is 2. The van der Waals surface area contributed by atoms with Crippen LogP contribution in [0.2, 0.25) is 0 Å². The second kappa shape index (κ2) is 20.2. The van der Waals surface area contributed by atoms with Crippen LogP contribution in [0.5, 0.6) is 11.5 Å². The van der Waals surface area contributed by atoms with Crippen molar-refractivity contribution in [2.75, 3.05) is 72.7 Å². The lowest BCUT2D eigenvalue weighted by atomic mass is 9.82. The Balaban J connectivity index is 1.51. The topological polar surface area (TPSA) is 138 Å². The first-order valence-corrected chi connectivity index (χ1v) is 19.7. The zero-order valence-corrected chi connectivity index (χ0v) is 34.9. The summed E-state index contributed by atoms with van der Waals surface area (Å²) in [5.74, 6) is -1.34. The van der Waals surface area contributed by atoms with Gasteiger partial charge in [0.25, 0.3) is 0 Å². The molecule has 13 nitrogen and oxygen atoms in total. The summed E-state index contributed by atoms with van der Waals surface area (Å²) in [6, 6.07) is 14.2. The highest BCUT2D eigenvalue weighted by Gasteiger charge is 2.45. The number of hydrogen-bond donors (Lipinski definition) is 0. The van der Waals surface area contributed by atoms with Gasteiger partial charge >= 0.3 is 17.9 Å². The van der Waals surface area contributed by atoms with Gasteiger partial charge in [-0.05, 0) is 91.5 Å². The minimum atomic E-state index is -1.58. The molecular weight excluding hydrogens is 778 g/mol. The van der Waals surface area contributed by atoms with Gasteiger partial charge in [0.05, 0.1) is 45.2 Å². The lowest BCUT2D eigenvalue weighted by molar-refractivity contribution is -0.312. The van der Waals surface area contributed by atoms with Gasteiger partial charge in [-0.25, -0.2) is 4.79 Å². The molecule has 14 heteroatoms. The van der Waals surface area contributed by atoms with Crippen molar-refractivity contribution in [2.24, 2.45) is 5.41 Å². The number of carbonyl (C=O) groups excluding carboxylic acids is 3. The Kier molecular flexibility index (Phi) is 16.4. The van der Waals surface area contributed by atoms with E-state index in [1.807, 2.05) is 35.4 Å². The minimum Gasteiger partial charge on any atom is -0.487 e. The molecule has 2 atom stereocenters. The van der Waals surface area contributed by atoms with Gasteiger partial charge in [-0.3, -0.25) is 14.4 Å². The summed E-state index contributed by atoms with van der Waals surface area (Å²) in [4.78, 5) is 47.1. The van der Waals surface area contributed by atoms with Crippen LogP contribution < -0.4 is 9.47 Å². The maximum absolute atomic E-state index is 14.0. The Morgan fingerprint density at radius 1 is 0.727 bits per heavy atom. The third kappa shape index (κ3) is 13.4. The maximum atomic E-state index is 14.0. The number of hydrogen-bond acceptors (Lipinski definition) is 13. The average Bonchev–Trinajstić information content (AvgIpc) is 3.14. The number of halogens is 1. The van der Waals surface area contributed by atoms with Crippen LogP contribution in [-0.4, -0.2) is 111 Å². The van der Waals surface area contributed by atoms with Gasteiger partial charge in [-0.15, -0.1) is 0 Å². The van der Waals surface area contributed by atoms with Gasteiger partial charge < -0.3 is 37.9 Å². The van der Waals surface area contributed by atoms with Crippen molar-refractivity contribution < 1.29 is 57.1 Å². The first kappa shape index (κ1) is 44.4. The SMILES string of the molecule is CC(C)(Br)C(=O)OCC(C)(COC(=O)c1ccc2c(c1)OCCOCCOCCOCCO2)C(=O)OCC(ON1C(C)(C)CCCC1(C)C)c1ccccc1. The average molecular weight is 837 g/mol. The summed E-state index contributed by atoms with van der Waals surface area (Å²) in [6.45, 7) is 15.2. The smallest absolute Gasteiger partial charge is 0.338 e. The number of carbonyl (C=O) groups is 3. The van der Waals surface area contributed by atoms with Crippen molar-refractivity contribution in [2.45, 2.75) is 89.2 Å². The van der Waals surface area contributed by atoms with E-state index < -0.39 is 47.0 Å². The summed E-state index contributed by atoms with van der Waals surface area (Å²) in [5.41, 5.74) is -1.13. The van der Waals surface area contributed by atoms with Crippen LogP contribution in [0.25, 0.3) is 0 Å². The Bertz CT molecular complexity index is 1530. The lowest BCUT2D eigenvalue weighted by Crippen LogP contribution is -2.58. The molecule has 2 aromatic carbocycles. The van der Waals surface area contributed by atoms with Crippen LogP contribution >= 0.6 is 15.9 Å². The standard InChI is InChI=1S/C41H58BrNO12/c1-38(2)16-11-17-39(3,4)43(38)55-34(30-12-9-8-10-13-30)27-52-37(46)41(7,29-54-36(45)40(5,6)42)28-53-35(44)31-14-15-32-33(26-31)51-25-23-49-21-19-47-18-20-48-22-24-50-32/h8-10,12-15,26,34H,11,16-25,27-29H2,1-7H3. The third-order valence-electron chi connectivity index (χ3n) is 9.36. The molecule has 0 saturated carbocycles. The van der Waals surface area contributed by atoms with Crippen LogP contribution in [0.4, 0.5) is 0 Å². The Labute approximate surface area is 333 Å². The zero-order valence-electron chi connectivity index (χ0n) is 33.3. The number of benzene rings is 2. The minimum absolute atomic E-state index is 0.142. The number of fused-ring (bicyclic) bond motifs is 1. The van der Waals surface area contributed by atoms with E-state index in [1.165, 1.54) is 19.1 Å². The van der Waals surface area contributed by atoms with E-state index in [0.717, 1.165) is 24.8 Å². The van der Waals surface area contributed by atoms with Gasteiger partial charge in [-0.1, -0.05) is 46.3 Å². The van der Waals surface area contributed by atoms with E-state index in [1.54, 1.807) is 19.9 Å². The van der Waals surface area contributed by atoms with Gasteiger partial charge in [0.1, 0.15) is 48.9 Å². The summed E-state index contributed by atoms with van der Waals surface area (Å²) in [5, 5.41) is 2.03. The number of piperidine rings is 1. The fourth-order valence-electron chi connectivity index (χ4n) is 6.26. The summed E-state index contributed by atoms with van der Waals surface area (Å²) in [6.07, 6.45) is 2.31.